The van der Waals surface area contributed by atoms with Crippen molar-refractivity contribution in [3.63, 3.8) is 0 Å². The molecule has 2 nitrogen and oxygen atoms in total. The summed E-state index contributed by atoms with van der Waals surface area (Å²) >= 11 is 0. The maximum Gasteiger partial charge on any atom is 0.129 e. The third-order valence-corrected chi connectivity index (χ3v) is 2.69. The first-order valence-corrected chi connectivity index (χ1v) is 5.22. The second kappa shape index (κ2) is 5.62. The molecule has 0 unspecified atom stereocenters. The molecule has 1 aliphatic rings. The normalized spacial score (nSPS) is 19.1. The summed E-state index contributed by atoms with van der Waals surface area (Å²) in [6, 6.07) is 5.27. The summed E-state index contributed by atoms with van der Waals surface area (Å²) in [5, 5.41) is 0. The minimum absolute atomic E-state index is 0. The number of benzene rings is 1. The Morgan fingerprint density at radius 3 is 2.88 bits per heavy atom. The van der Waals surface area contributed by atoms with E-state index < -0.39 is 0 Å². The van der Waals surface area contributed by atoms with Gasteiger partial charge in [0.05, 0.1) is 12.7 Å². The molecule has 0 fully saturated rings. The van der Waals surface area contributed by atoms with Crippen molar-refractivity contribution >= 4 is 12.4 Å². The van der Waals surface area contributed by atoms with Crippen LogP contribution in [-0.4, -0.2) is 32.1 Å². The zero-order valence-corrected chi connectivity index (χ0v) is 10.4. The molecule has 1 heterocycles. The highest BCUT2D eigenvalue weighted by Gasteiger charge is 2.24. The van der Waals surface area contributed by atoms with Crippen molar-refractivity contribution in [2.45, 2.75) is 12.5 Å². The Morgan fingerprint density at radius 1 is 1.44 bits per heavy atom. The van der Waals surface area contributed by atoms with Crippen molar-refractivity contribution in [2.24, 2.45) is 0 Å². The number of rotatable bonds is 2. The molecule has 0 amide bonds. The van der Waals surface area contributed by atoms with Gasteiger partial charge in [0.25, 0.3) is 0 Å². The van der Waals surface area contributed by atoms with E-state index in [0.29, 0.717) is 6.61 Å². The highest BCUT2D eigenvalue weighted by molar-refractivity contribution is 5.85. The minimum atomic E-state index is -0.140. The van der Waals surface area contributed by atoms with Gasteiger partial charge in [-0.15, -0.1) is 12.4 Å². The van der Waals surface area contributed by atoms with Crippen LogP contribution in [0.15, 0.2) is 18.2 Å². The lowest BCUT2D eigenvalue weighted by Gasteiger charge is -2.28. The van der Waals surface area contributed by atoms with Crippen LogP contribution < -0.4 is 0 Å². The minimum Gasteiger partial charge on any atom is -0.372 e. The average molecular weight is 246 g/mol. The summed E-state index contributed by atoms with van der Waals surface area (Å²) < 4.78 is 19.3. The Labute approximate surface area is 102 Å². The van der Waals surface area contributed by atoms with Crippen LogP contribution in [0, 0.1) is 5.82 Å². The quantitative estimate of drug-likeness (QED) is 0.794. The van der Waals surface area contributed by atoms with Gasteiger partial charge < -0.3 is 9.64 Å². The van der Waals surface area contributed by atoms with Gasteiger partial charge >= 0.3 is 0 Å². The van der Waals surface area contributed by atoms with E-state index in [-0.39, 0.29) is 24.3 Å². The van der Waals surface area contributed by atoms with Gasteiger partial charge in [-0.1, -0.05) is 12.1 Å². The number of likely N-dealkylation sites (N-methyl/N-ethyl adjacent to an activating group) is 1. The number of fused-ring (bicyclic) bond motifs is 1. The van der Waals surface area contributed by atoms with Crippen LogP contribution in [-0.2, 0) is 11.2 Å². The molecular formula is C12H17ClFNO. The van der Waals surface area contributed by atoms with Crippen molar-refractivity contribution in [2.75, 3.05) is 27.2 Å². The van der Waals surface area contributed by atoms with E-state index in [0.717, 1.165) is 24.1 Å². The molecule has 0 saturated carbocycles. The molecule has 0 spiro atoms. The topological polar surface area (TPSA) is 12.5 Å². The fourth-order valence-corrected chi connectivity index (χ4v) is 2.03. The molecule has 1 aromatic carbocycles. The predicted molar refractivity (Wildman–Crippen MR) is 64.6 cm³/mol. The zero-order valence-electron chi connectivity index (χ0n) is 9.57. The summed E-state index contributed by atoms with van der Waals surface area (Å²) in [4.78, 5) is 2.02. The van der Waals surface area contributed by atoms with E-state index >= 15 is 0 Å². The lowest BCUT2D eigenvalue weighted by atomic mass is 9.97. The lowest BCUT2D eigenvalue weighted by Crippen LogP contribution is -2.27. The van der Waals surface area contributed by atoms with Crippen LogP contribution in [0.25, 0.3) is 0 Å². The Hall–Kier alpha value is -0.640. The molecule has 0 aliphatic carbocycles. The molecule has 1 aliphatic heterocycles. The van der Waals surface area contributed by atoms with Crippen LogP contribution in [0.3, 0.4) is 0 Å². The molecule has 0 saturated heterocycles. The van der Waals surface area contributed by atoms with E-state index in [1.54, 1.807) is 6.07 Å². The molecule has 0 radical (unpaired) electrons. The second-order valence-electron chi connectivity index (χ2n) is 4.18. The average Bonchev–Trinajstić information content (AvgIpc) is 2.17. The van der Waals surface area contributed by atoms with Crippen LogP contribution in [0.2, 0.25) is 0 Å². The Balaban J connectivity index is 0.00000128. The molecule has 16 heavy (non-hydrogen) atoms. The summed E-state index contributed by atoms with van der Waals surface area (Å²) in [5.74, 6) is -0.140. The standard InChI is InChI=1S/C12H16FNO.ClH/c1-14(2)8-11-12-9(6-7-15-11)4-3-5-10(12)13;/h3-5,11H,6-8H2,1-2H3;1H/t11-;/m1./s1. The molecule has 0 N–H and O–H groups in total. The molecule has 2 rings (SSSR count). The van der Waals surface area contributed by atoms with E-state index in [2.05, 4.69) is 0 Å². The van der Waals surface area contributed by atoms with Crippen molar-refractivity contribution in [1.82, 2.24) is 4.90 Å². The fourth-order valence-electron chi connectivity index (χ4n) is 2.03. The largest absolute Gasteiger partial charge is 0.372 e. The smallest absolute Gasteiger partial charge is 0.129 e. The number of hydrogen-bond donors (Lipinski definition) is 0. The molecule has 4 heteroatoms. The van der Waals surface area contributed by atoms with E-state index in [1.165, 1.54) is 6.07 Å². The molecule has 1 atom stereocenters. The maximum atomic E-state index is 13.7. The lowest BCUT2D eigenvalue weighted by molar-refractivity contribution is 0.0228. The number of halogens is 2. The van der Waals surface area contributed by atoms with Crippen molar-refractivity contribution < 1.29 is 9.13 Å². The van der Waals surface area contributed by atoms with Crippen molar-refractivity contribution in [3.8, 4) is 0 Å². The fraction of sp³-hybridized carbons (Fsp3) is 0.500. The van der Waals surface area contributed by atoms with Gasteiger partial charge in [-0.3, -0.25) is 0 Å². The third-order valence-electron chi connectivity index (χ3n) is 2.69. The Morgan fingerprint density at radius 2 is 2.19 bits per heavy atom. The van der Waals surface area contributed by atoms with Crippen LogP contribution >= 0.6 is 12.4 Å². The molecule has 1 aromatic rings. The summed E-state index contributed by atoms with van der Waals surface area (Å²) in [5.41, 5.74) is 1.84. The molecule has 0 bridgehead atoms. The summed E-state index contributed by atoms with van der Waals surface area (Å²) in [7, 11) is 3.94. The van der Waals surface area contributed by atoms with Gasteiger partial charge in [0.2, 0.25) is 0 Å². The Bertz CT molecular complexity index is 357. The third kappa shape index (κ3) is 2.73. The predicted octanol–water partition coefficient (Wildman–Crippen LogP) is 2.42. The SMILES string of the molecule is CN(C)C[C@H]1OCCc2cccc(F)c21.Cl. The van der Waals surface area contributed by atoms with Crippen molar-refractivity contribution in [1.29, 1.82) is 0 Å². The van der Waals surface area contributed by atoms with Crippen LogP contribution in [0.4, 0.5) is 4.39 Å². The van der Waals surface area contributed by atoms with Gasteiger partial charge in [0.15, 0.2) is 0 Å². The van der Waals surface area contributed by atoms with Crippen LogP contribution in [0.1, 0.15) is 17.2 Å². The van der Waals surface area contributed by atoms with Gasteiger partial charge in [0.1, 0.15) is 5.82 Å². The maximum absolute atomic E-state index is 13.7. The first-order valence-electron chi connectivity index (χ1n) is 5.22. The van der Waals surface area contributed by atoms with E-state index in [9.17, 15) is 4.39 Å². The van der Waals surface area contributed by atoms with Crippen molar-refractivity contribution in [3.05, 3.63) is 35.1 Å². The monoisotopic (exact) mass is 245 g/mol. The van der Waals surface area contributed by atoms with Crippen LogP contribution in [0.5, 0.6) is 0 Å². The van der Waals surface area contributed by atoms with Gasteiger partial charge in [-0.05, 0) is 32.1 Å². The van der Waals surface area contributed by atoms with E-state index in [4.69, 9.17) is 4.74 Å². The number of hydrogen-bond acceptors (Lipinski definition) is 2. The highest BCUT2D eigenvalue weighted by Crippen LogP contribution is 2.29. The number of nitrogens with zero attached hydrogens (tertiary/aromatic N) is 1. The van der Waals surface area contributed by atoms with Gasteiger partial charge in [0, 0.05) is 12.1 Å². The highest BCUT2D eigenvalue weighted by atomic mass is 35.5. The molecular weight excluding hydrogens is 229 g/mol. The number of ether oxygens (including phenoxy) is 1. The zero-order chi connectivity index (χ0) is 10.8. The van der Waals surface area contributed by atoms with Gasteiger partial charge in [-0.2, -0.15) is 0 Å². The molecule has 90 valence electrons. The first kappa shape index (κ1) is 13.4. The Kier molecular flexibility index (Phi) is 4.71. The van der Waals surface area contributed by atoms with E-state index in [1.807, 2.05) is 25.1 Å². The second-order valence-corrected chi connectivity index (χ2v) is 4.18. The summed E-state index contributed by atoms with van der Waals surface area (Å²) in [6.45, 7) is 1.42. The summed E-state index contributed by atoms with van der Waals surface area (Å²) in [6.07, 6.45) is 0.696. The van der Waals surface area contributed by atoms with Gasteiger partial charge in [-0.25, -0.2) is 4.39 Å². The first-order chi connectivity index (χ1) is 7.18. The molecule has 0 aromatic heterocycles.